The predicted molar refractivity (Wildman–Crippen MR) is 76.3 cm³/mol. The molecule has 0 spiro atoms. The third-order valence-corrected chi connectivity index (χ3v) is 3.50. The van der Waals surface area contributed by atoms with E-state index in [0.717, 1.165) is 23.0 Å². The zero-order chi connectivity index (χ0) is 13.1. The highest BCUT2D eigenvalue weighted by Crippen LogP contribution is 2.18. The predicted octanol–water partition coefficient (Wildman–Crippen LogP) is 2.84. The molecule has 1 aromatic rings. The van der Waals surface area contributed by atoms with Crippen LogP contribution in [-0.2, 0) is 11.2 Å². The van der Waals surface area contributed by atoms with E-state index in [1.165, 1.54) is 5.56 Å². The second-order valence-corrected chi connectivity index (χ2v) is 5.34. The van der Waals surface area contributed by atoms with Crippen molar-refractivity contribution in [2.45, 2.75) is 19.8 Å². The number of amidine groups is 1. The molecule has 1 atom stereocenters. The smallest absolute Gasteiger partial charge is 0.167 e. The van der Waals surface area contributed by atoms with Gasteiger partial charge in [-0.15, -0.1) is 0 Å². The molecule has 4 heteroatoms. The van der Waals surface area contributed by atoms with E-state index in [0.29, 0.717) is 5.84 Å². The van der Waals surface area contributed by atoms with Gasteiger partial charge in [-0.3, -0.25) is 4.79 Å². The molecule has 1 aliphatic rings. The Morgan fingerprint density at radius 3 is 2.83 bits per heavy atom. The van der Waals surface area contributed by atoms with E-state index >= 15 is 0 Å². The summed E-state index contributed by atoms with van der Waals surface area (Å²) in [7, 11) is 0. The number of hydrogen-bond donors (Lipinski definition) is 1. The van der Waals surface area contributed by atoms with Crippen LogP contribution in [0.1, 0.15) is 18.9 Å². The number of carbonyl (C=O) groups excluding carboxylic acids is 1. The van der Waals surface area contributed by atoms with Gasteiger partial charge in [0.25, 0.3) is 0 Å². The van der Waals surface area contributed by atoms with E-state index in [9.17, 15) is 4.79 Å². The van der Waals surface area contributed by atoms with E-state index in [2.05, 4.69) is 33.1 Å². The van der Waals surface area contributed by atoms with Crippen LogP contribution in [0, 0.1) is 5.92 Å². The zero-order valence-corrected chi connectivity index (χ0v) is 11.8. The number of allylic oxidation sites excluding steroid dienone is 2. The topological polar surface area (TPSA) is 55.5 Å². The maximum atomic E-state index is 11.6. The molecule has 0 aromatic heterocycles. The Labute approximate surface area is 115 Å². The van der Waals surface area contributed by atoms with Crippen LogP contribution in [-0.4, -0.2) is 11.6 Å². The Morgan fingerprint density at radius 1 is 1.39 bits per heavy atom. The number of rotatable bonds is 3. The van der Waals surface area contributed by atoms with Crippen LogP contribution in [0.4, 0.5) is 0 Å². The Bertz CT molecular complexity index is 534. The van der Waals surface area contributed by atoms with Crippen molar-refractivity contribution in [2.75, 3.05) is 0 Å². The van der Waals surface area contributed by atoms with E-state index in [1.807, 2.05) is 12.1 Å². The lowest BCUT2D eigenvalue weighted by Gasteiger charge is -2.14. The Morgan fingerprint density at radius 2 is 2.17 bits per heavy atom. The molecule has 2 N–H and O–H groups in total. The summed E-state index contributed by atoms with van der Waals surface area (Å²) >= 11 is 3.44. The lowest BCUT2D eigenvalue weighted by Crippen LogP contribution is -2.30. The molecule has 94 valence electrons. The number of ketones is 1. The molecule has 0 radical (unpaired) electrons. The number of halogens is 1. The van der Waals surface area contributed by atoms with Crippen molar-refractivity contribution in [1.29, 1.82) is 0 Å². The molecule has 0 amide bonds. The first-order valence-electron chi connectivity index (χ1n) is 5.89. The maximum absolute atomic E-state index is 11.6. The summed E-state index contributed by atoms with van der Waals surface area (Å²) in [4.78, 5) is 15.9. The molecule has 1 aromatic carbocycles. The number of benzene rings is 1. The molecule has 0 bridgehead atoms. The molecule has 3 nitrogen and oxygen atoms in total. The second kappa shape index (κ2) is 5.48. The van der Waals surface area contributed by atoms with Crippen molar-refractivity contribution < 1.29 is 4.79 Å². The van der Waals surface area contributed by atoms with Gasteiger partial charge in [0.1, 0.15) is 5.84 Å². The monoisotopic (exact) mass is 306 g/mol. The first-order chi connectivity index (χ1) is 8.56. The van der Waals surface area contributed by atoms with Gasteiger partial charge in [0.15, 0.2) is 5.78 Å². The number of hydrogen-bond acceptors (Lipinski definition) is 3. The van der Waals surface area contributed by atoms with Crippen molar-refractivity contribution in [3.05, 3.63) is 46.1 Å². The molecule has 18 heavy (non-hydrogen) atoms. The third-order valence-electron chi connectivity index (χ3n) is 3.01. The molecule has 1 unspecified atom stereocenters. The van der Waals surface area contributed by atoms with Crippen LogP contribution < -0.4 is 5.73 Å². The third kappa shape index (κ3) is 3.07. The molecular formula is C14H15BrN2O. The standard InChI is InChI=1S/C14H15BrN2O/c1-9-13(18)8-12(17-14(9)16)6-5-10-3-2-4-11(15)7-10/h2-4,7-9H,5-6H2,1H3,(H2,16,17). The molecule has 0 aliphatic carbocycles. The summed E-state index contributed by atoms with van der Waals surface area (Å²) in [5.74, 6) is 0.193. The van der Waals surface area contributed by atoms with Gasteiger partial charge in [0.05, 0.1) is 5.92 Å². The molecule has 1 heterocycles. The van der Waals surface area contributed by atoms with Crippen LogP contribution >= 0.6 is 15.9 Å². The van der Waals surface area contributed by atoms with Crippen molar-refractivity contribution in [2.24, 2.45) is 16.6 Å². The SMILES string of the molecule is CC1C(=O)C=C(CCc2cccc(Br)c2)N=C1N. The number of carbonyl (C=O) groups is 1. The number of aliphatic imine (C=N–C) groups is 1. The quantitative estimate of drug-likeness (QED) is 0.933. The summed E-state index contributed by atoms with van der Waals surface area (Å²) in [5.41, 5.74) is 7.72. The minimum absolute atomic E-state index is 0.0479. The number of nitrogens with two attached hydrogens (primary N) is 1. The van der Waals surface area contributed by atoms with Gasteiger partial charge in [-0.25, -0.2) is 4.99 Å². The lowest BCUT2D eigenvalue weighted by atomic mass is 9.99. The van der Waals surface area contributed by atoms with Gasteiger partial charge in [-0.05, 0) is 37.5 Å². The van der Waals surface area contributed by atoms with Crippen LogP contribution in [0.3, 0.4) is 0 Å². The summed E-state index contributed by atoms with van der Waals surface area (Å²) < 4.78 is 1.06. The molecule has 0 saturated heterocycles. The van der Waals surface area contributed by atoms with Gasteiger partial charge in [-0.2, -0.15) is 0 Å². The van der Waals surface area contributed by atoms with Crippen LogP contribution in [0.5, 0.6) is 0 Å². The largest absolute Gasteiger partial charge is 0.387 e. The van der Waals surface area contributed by atoms with E-state index in [4.69, 9.17) is 5.73 Å². The van der Waals surface area contributed by atoms with Crippen molar-refractivity contribution in [3.8, 4) is 0 Å². The van der Waals surface area contributed by atoms with E-state index in [1.54, 1.807) is 13.0 Å². The second-order valence-electron chi connectivity index (χ2n) is 4.43. The lowest BCUT2D eigenvalue weighted by molar-refractivity contribution is -0.116. The Balaban J connectivity index is 2.03. The number of nitrogens with zero attached hydrogens (tertiary/aromatic N) is 1. The van der Waals surface area contributed by atoms with Gasteiger partial charge in [0, 0.05) is 16.2 Å². The van der Waals surface area contributed by atoms with Crippen molar-refractivity contribution in [1.82, 2.24) is 0 Å². The van der Waals surface area contributed by atoms with Gasteiger partial charge < -0.3 is 5.73 Å². The fraction of sp³-hybridized carbons (Fsp3) is 0.286. The van der Waals surface area contributed by atoms with Gasteiger partial charge in [-0.1, -0.05) is 28.1 Å². The molecular weight excluding hydrogens is 292 g/mol. The number of aryl methyl sites for hydroxylation is 1. The normalized spacial score (nSPS) is 19.4. The highest BCUT2D eigenvalue weighted by molar-refractivity contribution is 9.10. The van der Waals surface area contributed by atoms with E-state index < -0.39 is 0 Å². The van der Waals surface area contributed by atoms with Crippen molar-refractivity contribution in [3.63, 3.8) is 0 Å². The van der Waals surface area contributed by atoms with Crippen molar-refractivity contribution >= 4 is 27.5 Å². The maximum Gasteiger partial charge on any atom is 0.167 e. The average molecular weight is 307 g/mol. The van der Waals surface area contributed by atoms with Gasteiger partial charge in [0.2, 0.25) is 0 Å². The van der Waals surface area contributed by atoms with Gasteiger partial charge >= 0.3 is 0 Å². The summed E-state index contributed by atoms with van der Waals surface area (Å²) in [6, 6.07) is 8.12. The average Bonchev–Trinajstić information content (AvgIpc) is 2.33. The summed E-state index contributed by atoms with van der Waals surface area (Å²) in [6.07, 6.45) is 3.19. The minimum Gasteiger partial charge on any atom is -0.387 e. The van der Waals surface area contributed by atoms with Crippen LogP contribution in [0.2, 0.25) is 0 Å². The summed E-state index contributed by atoms with van der Waals surface area (Å²) in [6.45, 7) is 1.78. The first-order valence-corrected chi connectivity index (χ1v) is 6.68. The van der Waals surface area contributed by atoms with Crippen LogP contribution in [0.15, 0.2) is 45.5 Å². The molecule has 0 saturated carbocycles. The fourth-order valence-electron chi connectivity index (χ4n) is 1.82. The fourth-order valence-corrected chi connectivity index (χ4v) is 2.27. The van der Waals surface area contributed by atoms with Crippen LogP contribution in [0.25, 0.3) is 0 Å². The first kappa shape index (κ1) is 13.0. The minimum atomic E-state index is -0.278. The highest BCUT2D eigenvalue weighted by atomic mass is 79.9. The zero-order valence-electron chi connectivity index (χ0n) is 10.2. The Kier molecular flexibility index (Phi) is 3.97. The van der Waals surface area contributed by atoms with E-state index in [-0.39, 0.29) is 11.7 Å². The molecule has 0 fully saturated rings. The highest BCUT2D eigenvalue weighted by Gasteiger charge is 2.20. The molecule has 2 rings (SSSR count). The molecule has 1 aliphatic heterocycles. The Hall–Kier alpha value is -1.42. The summed E-state index contributed by atoms with van der Waals surface area (Å²) in [5, 5.41) is 0.